The molecule has 2 atom stereocenters. The molecule has 0 spiro atoms. The number of carbonyl (C=O) groups is 1. The number of carbonyl (C=O) groups excluding carboxylic acids is 1. The van der Waals surface area contributed by atoms with Gasteiger partial charge in [-0.1, -0.05) is 6.92 Å². The standard InChI is InChI=1S/C15H24BrN3OS/c1-2-12(17)15(13-8-11(16)9-21-13)19-5-3-10(4-6-19)7-14(18)20/h8-10,12,15H,2-7,17H2,1H3,(H2,18,20). The third-order valence-electron chi connectivity index (χ3n) is 4.29. The second-order valence-corrected chi connectivity index (χ2v) is 7.69. The van der Waals surface area contributed by atoms with Gasteiger partial charge in [-0.25, -0.2) is 0 Å². The predicted molar refractivity (Wildman–Crippen MR) is 91.1 cm³/mol. The number of hydrogen-bond acceptors (Lipinski definition) is 4. The van der Waals surface area contributed by atoms with Crippen LogP contribution in [0.4, 0.5) is 0 Å². The monoisotopic (exact) mass is 373 g/mol. The minimum Gasteiger partial charge on any atom is -0.370 e. The van der Waals surface area contributed by atoms with E-state index in [1.54, 1.807) is 11.3 Å². The molecule has 1 fully saturated rings. The summed E-state index contributed by atoms with van der Waals surface area (Å²) in [7, 11) is 0. The first kappa shape index (κ1) is 16.9. The molecule has 21 heavy (non-hydrogen) atoms. The van der Waals surface area contributed by atoms with E-state index in [0.717, 1.165) is 36.8 Å². The largest absolute Gasteiger partial charge is 0.370 e. The highest BCUT2D eigenvalue weighted by atomic mass is 79.9. The van der Waals surface area contributed by atoms with Crippen molar-refractivity contribution in [3.05, 3.63) is 20.8 Å². The Balaban J connectivity index is 2.04. The van der Waals surface area contributed by atoms with Crippen LogP contribution in [0.5, 0.6) is 0 Å². The molecule has 0 saturated carbocycles. The fraction of sp³-hybridized carbons (Fsp3) is 0.667. The Hall–Kier alpha value is -0.430. The molecule has 118 valence electrons. The van der Waals surface area contributed by atoms with E-state index in [-0.39, 0.29) is 18.0 Å². The summed E-state index contributed by atoms with van der Waals surface area (Å²) in [4.78, 5) is 14.8. The second-order valence-electron chi connectivity index (χ2n) is 5.83. The Morgan fingerprint density at radius 3 is 2.67 bits per heavy atom. The van der Waals surface area contributed by atoms with Crippen molar-refractivity contribution in [2.24, 2.45) is 17.4 Å². The van der Waals surface area contributed by atoms with E-state index >= 15 is 0 Å². The average molecular weight is 374 g/mol. The van der Waals surface area contributed by atoms with Gasteiger partial charge in [0.15, 0.2) is 0 Å². The van der Waals surface area contributed by atoms with Crippen molar-refractivity contribution in [3.63, 3.8) is 0 Å². The molecule has 4 nitrogen and oxygen atoms in total. The van der Waals surface area contributed by atoms with Crippen LogP contribution in [-0.4, -0.2) is 29.9 Å². The lowest BCUT2D eigenvalue weighted by Crippen LogP contribution is -2.44. The highest BCUT2D eigenvalue weighted by Gasteiger charge is 2.30. The molecule has 1 saturated heterocycles. The molecule has 1 amide bonds. The van der Waals surface area contributed by atoms with Crippen molar-refractivity contribution in [1.82, 2.24) is 4.90 Å². The maximum absolute atomic E-state index is 11.0. The number of rotatable bonds is 6. The van der Waals surface area contributed by atoms with Crippen LogP contribution in [0.2, 0.25) is 0 Å². The molecule has 1 aromatic heterocycles. The van der Waals surface area contributed by atoms with Gasteiger partial charge in [0, 0.05) is 27.2 Å². The highest BCUT2D eigenvalue weighted by Crippen LogP contribution is 2.35. The van der Waals surface area contributed by atoms with Crippen molar-refractivity contribution >= 4 is 33.2 Å². The molecule has 0 radical (unpaired) electrons. The molecule has 1 aromatic rings. The maximum Gasteiger partial charge on any atom is 0.217 e. The van der Waals surface area contributed by atoms with Crippen LogP contribution in [0.25, 0.3) is 0 Å². The van der Waals surface area contributed by atoms with E-state index in [1.807, 2.05) is 0 Å². The zero-order valence-electron chi connectivity index (χ0n) is 12.4. The number of amides is 1. The topological polar surface area (TPSA) is 72.3 Å². The Labute approximate surface area is 139 Å². The summed E-state index contributed by atoms with van der Waals surface area (Å²) >= 11 is 5.30. The van der Waals surface area contributed by atoms with Crippen molar-refractivity contribution in [1.29, 1.82) is 0 Å². The van der Waals surface area contributed by atoms with E-state index in [0.29, 0.717) is 12.3 Å². The van der Waals surface area contributed by atoms with E-state index < -0.39 is 0 Å². The minimum atomic E-state index is -0.183. The minimum absolute atomic E-state index is 0.142. The van der Waals surface area contributed by atoms with Gasteiger partial charge in [0.1, 0.15) is 0 Å². The number of halogens is 1. The first-order valence-electron chi connectivity index (χ1n) is 7.53. The number of thiophene rings is 1. The smallest absolute Gasteiger partial charge is 0.217 e. The van der Waals surface area contributed by atoms with Crippen molar-refractivity contribution in [3.8, 4) is 0 Å². The lowest BCUT2D eigenvalue weighted by Gasteiger charge is -2.39. The molecule has 0 aliphatic carbocycles. The Morgan fingerprint density at radius 2 is 2.19 bits per heavy atom. The van der Waals surface area contributed by atoms with Gasteiger partial charge in [-0.15, -0.1) is 11.3 Å². The summed E-state index contributed by atoms with van der Waals surface area (Å²) in [5, 5.41) is 2.12. The van der Waals surface area contributed by atoms with Crippen LogP contribution in [0.3, 0.4) is 0 Å². The first-order chi connectivity index (χ1) is 10.0. The van der Waals surface area contributed by atoms with Gasteiger partial charge in [0.2, 0.25) is 5.91 Å². The van der Waals surface area contributed by atoms with Gasteiger partial charge in [-0.05, 0) is 60.3 Å². The third-order valence-corrected chi connectivity index (χ3v) is 6.05. The molecular formula is C15H24BrN3OS. The fourth-order valence-corrected chi connectivity index (χ4v) is 4.74. The zero-order valence-corrected chi connectivity index (χ0v) is 14.8. The molecular weight excluding hydrogens is 350 g/mol. The second kappa shape index (κ2) is 7.72. The van der Waals surface area contributed by atoms with Gasteiger partial charge in [0.05, 0.1) is 6.04 Å². The molecule has 0 aromatic carbocycles. The fourth-order valence-electron chi connectivity index (χ4n) is 3.09. The maximum atomic E-state index is 11.0. The Bertz CT molecular complexity index is 471. The van der Waals surface area contributed by atoms with E-state index in [9.17, 15) is 4.79 Å². The van der Waals surface area contributed by atoms with E-state index in [1.165, 1.54) is 4.88 Å². The summed E-state index contributed by atoms with van der Waals surface area (Å²) in [5.74, 6) is 0.254. The summed E-state index contributed by atoms with van der Waals surface area (Å²) in [6, 6.07) is 2.60. The molecule has 2 heterocycles. The van der Waals surface area contributed by atoms with Crippen LogP contribution in [0.1, 0.15) is 43.5 Å². The third kappa shape index (κ3) is 4.52. The first-order valence-corrected chi connectivity index (χ1v) is 9.20. The molecule has 6 heteroatoms. The van der Waals surface area contributed by atoms with Crippen LogP contribution < -0.4 is 11.5 Å². The zero-order chi connectivity index (χ0) is 15.4. The summed E-state index contributed by atoms with van der Waals surface area (Å²) < 4.78 is 1.12. The van der Waals surface area contributed by atoms with Gasteiger partial charge < -0.3 is 11.5 Å². The quantitative estimate of drug-likeness (QED) is 0.804. The van der Waals surface area contributed by atoms with Gasteiger partial charge in [0.25, 0.3) is 0 Å². The molecule has 2 unspecified atom stereocenters. The summed E-state index contributed by atoms with van der Waals surface area (Å²) in [5.41, 5.74) is 11.7. The van der Waals surface area contributed by atoms with Gasteiger partial charge in [-0.3, -0.25) is 9.69 Å². The number of piperidine rings is 1. The van der Waals surface area contributed by atoms with Crippen LogP contribution in [0, 0.1) is 5.92 Å². The summed E-state index contributed by atoms with van der Waals surface area (Å²) in [6.07, 6.45) is 3.54. The lowest BCUT2D eigenvalue weighted by molar-refractivity contribution is -0.119. The summed E-state index contributed by atoms with van der Waals surface area (Å²) in [6.45, 7) is 4.12. The number of hydrogen-bond donors (Lipinski definition) is 2. The number of nitrogens with two attached hydrogens (primary N) is 2. The molecule has 0 bridgehead atoms. The normalized spacial score (nSPS) is 20.3. The Morgan fingerprint density at radius 1 is 1.52 bits per heavy atom. The molecule has 4 N–H and O–H groups in total. The van der Waals surface area contributed by atoms with Crippen LogP contribution in [-0.2, 0) is 4.79 Å². The predicted octanol–water partition coefficient (Wildman–Crippen LogP) is 2.88. The van der Waals surface area contributed by atoms with E-state index in [2.05, 4.69) is 39.2 Å². The molecule has 2 rings (SSSR count). The number of primary amides is 1. The lowest BCUT2D eigenvalue weighted by atomic mass is 9.91. The number of nitrogens with zero attached hydrogens (tertiary/aromatic N) is 1. The van der Waals surface area contributed by atoms with Gasteiger partial charge in [-0.2, -0.15) is 0 Å². The van der Waals surface area contributed by atoms with Crippen molar-refractivity contribution < 1.29 is 4.79 Å². The van der Waals surface area contributed by atoms with Crippen molar-refractivity contribution in [2.45, 2.75) is 44.7 Å². The van der Waals surface area contributed by atoms with Crippen LogP contribution in [0.15, 0.2) is 15.9 Å². The SMILES string of the molecule is CCC(N)C(c1cc(Br)cs1)N1CCC(CC(N)=O)CC1. The van der Waals surface area contributed by atoms with Crippen molar-refractivity contribution in [2.75, 3.05) is 13.1 Å². The number of likely N-dealkylation sites (tertiary alicyclic amines) is 1. The Kier molecular flexibility index (Phi) is 6.22. The molecule has 1 aliphatic heterocycles. The highest BCUT2D eigenvalue weighted by molar-refractivity contribution is 9.10. The van der Waals surface area contributed by atoms with Gasteiger partial charge >= 0.3 is 0 Å². The molecule has 1 aliphatic rings. The van der Waals surface area contributed by atoms with E-state index in [4.69, 9.17) is 11.5 Å². The average Bonchev–Trinajstić information content (AvgIpc) is 2.86. The van der Waals surface area contributed by atoms with Crippen LogP contribution >= 0.6 is 27.3 Å².